The molecule has 2 saturated heterocycles. The van der Waals surface area contributed by atoms with E-state index in [1.54, 1.807) is 12.1 Å². The summed E-state index contributed by atoms with van der Waals surface area (Å²) in [5, 5.41) is 2.87. The number of carbonyl (C=O) groups is 4. The van der Waals surface area contributed by atoms with Gasteiger partial charge in [-0.15, -0.1) is 0 Å². The fourth-order valence-corrected chi connectivity index (χ4v) is 5.17. The van der Waals surface area contributed by atoms with E-state index in [1.165, 1.54) is 28.0 Å². The van der Waals surface area contributed by atoms with Gasteiger partial charge in [0.25, 0.3) is 11.8 Å². The molecule has 4 rings (SSSR count). The van der Waals surface area contributed by atoms with Crippen molar-refractivity contribution in [3.63, 3.8) is 0 Å². The maximum Gasteiger partial charge on any atom is 0.254 e. The zero-order valence-corrected chi connectivity index (χ0v) is 21.6. The highest BCUT2D eigenvalue weighted by atomic mass is 19.1. The van der Waals surface area contributed by atoms with Crippen LogP contribution >= 0.6 is 0 Å². The quantitative estimate of drug-likeness (QED) is 0.621. The van der Waals surface area contributed by atoms with Crippen molar-refractivity contribution in [2.75, 3.05) is 32.1 Å². The van der Waals surface area contributed by atoms with Crippen LogP contribution in [0.25, 0.3) is 0 Å². The zero-order valence-electron chi connectivity index (χ0n) is 21.6. The van der Waals surface area contributed by atoms with Gasteiger partial charge in [0.05, 0.1) is 12.6 Å². The number of anilines is 1. The molecule has 2 fully saturated rings. The van der Waals surface area contributed by atoms with Gasteiger partial charge in [0, 0.05) is 37.5 Å². The second-order valence-electron chi connectivity index (χ2n) is 10.3. The topological polar surface area (TPSA) is 90.0 Å². The van der Waals surface area contributed by atoms with Crippen molar-refractivity contribution < 1.29 is 23.6 Å². The fourth-order valence-electron chi connectivity index (χ4n) is 5.17. The molecule has 0 radical (unpaired) electrons. The summed E-state index contributed by atoms with van der Waals surface area (Å²) in [6, 6.07) is 10.4. The van der Waals surface area contributed by atoms with Gasteiger partial charge in [0.1, 0.15) is 17.9 Å². The first kappa shape index (κ1) is 26.3. The Morgan fingerprint density at radius 1 is 1.05 bits per heavy atom. The monoisotopic (exact) mass is 508 g/mol. The Morgan fingerprint density at radius 3 is 2.38 bits per heavy atom. The van der Waals surface area contributed by atoms with Crippen LogP contribution in [0.2, 0.25) is 0 Å². The van der Waals surface area contributed by atoms with Gasteiger partial charge in [-0.1, -0.05) is 19.9 Å². The van der Waals surface area contributed by atoms with Gasteiger partial charge in [0.2, 0.25) is 5.91 Å². The molecule has 196 valence electrons. The molecule has 0 aliphatic carbocycles. The number of hydrogen-bond acceptors (Lipinski definition) is 5. The minimum Gasteiger partial charge on any atom is -0.378 e. The Bertz CT molecular complexity index is 1200. The van der Waals surface area contributed by atoms with Crippen molar-refractivity contribution in [2.45, 2.75) is 44.8 Å². The van der Waals surface area contributed by atoms with E-state index >= 15 is 0 Å². The summed E-state index contributed by atoms with van der Waals surface area (Å²) >= 11 is 0. The number of ketones is 1. The first-order valence-corrected chi connectivity index (χ1v) is 12.5. The van der Waals surface area contributed by atoms with Crippen molar-refractivity contribution in [3.05, 3.63) is 65.5 Å². The largest absolute Gasteiger partial charge is 0.378 e. The predicted molar refractivity (Wildman–Crippen MR) is 138 cm³/mol. The third kappa shape index (κ3) is 5.50. The Kier molecular flexibility index (Phi) is 7.61. The summed E-state index contributed by atoms with van der Waals surface area (Å²) in [5.41, 5.74) is 1.56. The van der Waals surface area contributed by atoms with Crippen LogP contribution in [-0.4, -0.2) is 78.6 Å². The number of rotatable bonds is 7. The number of amides is 3. The summed E-state index contributed by atoms with van der Waals surface area (Å²) in [6.45, 7) is 4.10. The Hall–Kier alpha value is -3.75. The van der Waals surface area contributed by atoms with Crippen LogP contribution in [0.5, 0.6) is 0 Å². The number of likely N-dealkylation sites (tertiary alicyclic amines) is 2. The van der Waals surface area contributed by atoms with Crippen LogP contribution < -0.4 is 10.2 Å². The molecule has 2 aromatic rings. The second-order valence-corrected chi connectivity index (χ2v) is 10.3. The van der Waals surface area contributed by atoms with E-state index in [2.05, 4.69) is 5.32 Å². The lowest BCUT2D eigenvalue weighted by molar-refractivity contribution is -0.138. The fraction of sp³-hybridized carbons (Fsp3) is 0.429. The van der Waals surface area contributed by atoms with Crippen LogP contribution in [0.1, 0.15) is 47.4 Å². The van der Waals surface area contributed by atoms with Crippen LogP contribution in [0.3, 0.4) is 0 Å². The minimum atomic E-state index is -0.805. The molecule has 0 spiro atoms. The smallest absolute Gasteiger partial charge is 0.254 e. The Balaban J connectivity index is 1.50. The first-order valence-electron chi connectivity index (χ1n) is 12.5. The maximum atomic E-state index is 13.7. The molecule has 2 aliphatic rings. The van der Waals surface area contributed by atoms with Crippen molar-refractivity contribution in [3.8, 4) is 0 Å². The molecule has 0 unspecified atom stereocenters. The second kappa shape index (κ2) is 10.7. The Morgan fingerprint density at radius 2 is 1.76 bits per heavy atom. The zero-order chi connectivity index (χ0) is 26.9. The first-order chi connectivity index (χ1) is 17.6. The summed E-state index contributed by atoms with van der Waals surface area (Å²) < 4.78 is 13.7. The van der Waals surface area contributed by atoms with Gasteiger partial charge in [-0.3, -0.25) is 19.2 Å². The van der Waals surface area contributed by atoms with Crippen LogP contribution in [0, 0.1) is 11.7 Å². The number of nitrogens with one attached hydrogen (secondary N) is 1. The summed E-state index contributed by atoms with van der Waals surface area (Å²) in [6.07, 6.45) is 0.853. The SMILES string of the molecule is CC(C)C[C@H](NC(=O)c1ccc(N(C)C)cc1)C(=O)N1CC[C@@H]2[C@H]1C(=O)CN2C(=O)c1cccc(F)c1. The van der Waals surface area contributed by atoms with Gasteiger partial charge in [-0.2, -0.15) is 0 Å². The summed E-state index contributed by atoms with van der Waals surface area (Å²) in [4.78, 5) is 57.6. The molecule has 3 amide bonds. The molecule has 1 N–H and O–H groups in total. The van der Waals surface area contributed by atoms with Crippen molar-refractivity contribution in [1.29, 1.82) is 0 Å². The lowest BCUT2D eigenvalue weighted by Gasteiger charge is -2.29. The molecule has 2 aliphatic heterocycles. The average Bonchev–Trinajstić information content (AvgIpc) is 3.43. The third-order valence-electron chi connectivity index (χ3n) is 6.99. The van der Waals surface area contributed by atoms with E-state index in [0.29, 0.717) is 24.9 Å². The number of carbonyl (C=O) groups excluding carboxylic acids is 4. The summed E-state index contributed by atoms with van der Waals surface area (Å²) in [7, 11) is 3.82. The molecule has 0 saturated carbocycles. The number of halogens is 1. The van der Waals surface area contributed by atoms with Gasteiger partial charge >= 0.3 is 0 Å². The average molecular weight is 509 g/mol. The van der Waals surface area contributed by atoms with Gasteiger partial charge in [0.15, 0.2) is 5.78 Å². The number of fused-ring (bicyclic) bond motifs is 1. The van der Waals surface area contributed by atoms with Crippen molar-refractivity contribution in [1.82, 2.24) is 15.1 Å². The molecule has 0 aromatic heterocycles. The third-order valence-corrected chi connectivity index (χ3v) is 6.99. The van der Waals surface area contributed by atoms with E-state index in [-0.39, 0.29) is 35.6 Å². The molecule has 2 aromatic carbocycles. The van der Waals surface area contributed by atoms with E-state index < -0.39 is 29.8 Å². The highest BCUT2D eigenvalue weighted by molar-refractivity contribution is 6.03. The lowest BCUT2D eigenvalue weighted by Crippen LogP contribution is -2.53. The molecular weight excluding hydrogens is 475 g/mol. The standard InChI is InChI=1S/C28H33FN4O4/c1-17(2)14-22(30-26(35)18-8-10-21(11-9-18)31(3)4)28(37)32-13-12-23-25(32)24(34)16-33(23)27(36)19-6-5-7-20(29)15-19/h5-11,15,17,22-23,25H,12-14,16H2,1-4H3,(H,30,35)/t22-,23+,25-/m0/s1. The van der Waals surface area contributed by atoms with Crippen LogP contribution in [0.15, 0.2) is 48.5 Å². The molecule has 2 heterocycles. The van der Waals surface area contributed by atoms with E-state index in [9.17, 15) is 23.6 Å². The molecular formula is C28H33FN4O4. The van der Waals surface area contributed by atoms with Gasteiger partial charge in [-0.25, -0.2) is 4.39 Å². The number of hydrogen-bond donors (Lipinski definition) is 1. The van der Waals surface area contributed by atoms with Crippen molar-refractivity contribution >= 4 is 29.2 Å². The maximum absolute atomic E-state index is 13.7. The minimum absolute atomic E-state index is 0.120. The van der Waals surface area contributed by atoms with Gasteiger partial charge in [-0.05, 0) is 61.2 Å². The van der Waals surface area contributed by atoms with Crippen molar-refractivity contribution in [2.24, 2.45) is 5.92 Å². The highest BCUT2D eigenvalue weighted by Gasteiger charge is 2.52. The number of benzene rings is 2. The lowest BCUT2D eigenvalue weighted by atomic mass is 10.0. The number of nitrogens with zero attached hydrogens (tertiary/aromatic N) is 3. The van der Waals surface area contributed by atoms with E-state index in [0.717, 1.165) is 11.8 Å². The summed E-state index contributed by atoms with van der Waals surface area (Å²) in [5.74, 6) is -1.75. The Labute approximate surface area is 216 Å². The van der Waals surface area contributed by atoms with E-state index in [1.807, 2.05) is 45.0 Å². The highest BCUT2D eigenvalue weighted by Crippen LogP contribution is 2.32. The predicted octanol–water partition coefficient (Wildman–Crippen LogP) is 2.73. The number of Topliss-reactive ketones (excluding diaryl/α,β-unsaturated/α-hetero) is 1. The van der Waals surface area contributed by atoms with Gasteiger partial charge < -0.3 is 20.0 Å². The molecule has 0 bridgehead atoms. The molecule has 8 nitrogen and oxygen atoms in total. The van der Waals surface area contributed by atoms with Crippen LogP contribution in [0.4, 0.5) is 10.1 Å². The van der Waals surface area contributed by atoms with E-state index in [4.69, 9.17) is 0 Å². The molecule has 9 heteroatoms. The van der Waals surface area contributed by atoms with Crippen LogP contribution in [-0.2, 0) is 9.59 Å². The molecule has 37 heavy (non-hydrogen) atoms. The molecule has 3 atom stereocenters. The normalized spacial score (nSPS) is 19.7.